The Hall–Kier alpha value is -1.70. The molecule has 106 valence electrons. The molecule has 0 amide bonds. The number of hydrogen-bond acceptors (Lipinski definition) is 1. The van der Waals surface area contributed by atoms with Crippen LogP contribution in [0, 0.1) is 0 Å². The predicted molar refractivity (Wildman–Crippen MR) is 87.9 cm³/mol. The van der Waals surface area contributed by atoms with Gasteiger partial charge in [-0.3, -0.25) is 0 Å². The van der Waals surface area contributed by atoms with Crippen LogP contribution < -0.4 is 4.74 Å². The number of hydrogen-bond donors (Lipinski definition) is 0. The molecular weight excluding hydrogens is 303 g/mol. The van der Waals surface area contributed by atoms with Gasteiger partial charge in [0, 0.05) is 0 Å². The summed E-state index contributed by atoms with van der Waals surface area (Å²) in [6, 6.07) is 19.4. The molecular formula is C18H14Cl2O. The van der Waals surface area contributed by atoms with Crippen molar-refractivity contribution in [1.82, 2.24) is 0 Å². The van der Waals surface area contributed by atoms with Gasteiger partial charge < -0.3 is 4.74 Å². The van der Waals surface area contributed by atoms with Crippen molar-refractivity contribution >= 4 is 23.2 Å². The number of benzene rings is 2. The van der Waals surface area contributed by atoms with Crippen molar-refractivity contribution in [2.75, 3.05) is 0 Å². The third-order valence-corrected chi connectivity index (χ3v) is 4.65. The quantitative estimate of drug-likeness (QED) is 0.702. The lowest BCUT2D eigenvalue weighted by molar-refractivity contribution is 0.391. The summed E-state index contributed by atoms with van der Waals surface area (Å²) in [5, 5.41) is -0.480. The second kappa shape index (κ2) is 5.97. The van der Waals surface area contributed by atoms with Crippen molar-refractivity contribution in [3.8, 4) is 5.75 Å². The number of alkyl halides is 2. The van der Waals surface area contributed by atoms with Gasteiger partial charge in [0.2, 0.25) is 0 Å². The highest BCUT2D eigenvalue weighted by Crippen LogP contribution is 2.43. The van der Waals surface area contributed by atoms with Gasteiger partial charge in [0.25, 0.3) is 0 Å². The zero-order valence-electron chi connectivity index (χ0n) is 11.2. The molecule has 1 aliphatic carbocycles. The molecule has 0 radical (unpaired) electrons. The standard InChI is InChI=1S/C18H14Cl2O/c19-17-16(21-15-10-5-2-6-11-15)12-7-13-18(17,20)14-8-3-1-4-9-14/h1-13,17H. The molecule has 0 aromatic heterocycles. The second-order valence-corrected chi connectivity index (χ2v) is 5.90. The highest BCUT2D eigenvalue weighted by molar-refractivity contribution is 6.34. The Morgan fingerprint density at radius 2 is 1.52 bits per heavy atom. The molecule has 0 spiro atoms. The molecule has 1 aliphatic rings. The summed E-state index contributed by atoms with van der Waals surface area (Å²) >= 11 is 13.4. The van der Waals surface area contributed by atoms with Crippen LogP contribution in [0.5, 0.6) is 5.75 Å². The number of rotatable bonds is 3. The van der Waals surface area contributed by atoms with Crippen LogP contribution in [0.3, 0.4) is 0 Å². The first-order chi connectivity index (χ1) is 10.2. The lowest BCUT2D eigenvalue weighted by atomic mass is 9.90. The van der Waals surface area contributed by atoms with Crippen LogP contribution >= 0.6 is 23.2 Å². The van der Waals surface area contributed by atoms with Crippen molar-refractivity contribution < 1.29 is 4.74 Å². The number of allylic oxidation sites excluding steroid dienone is 4. The Morgan fingerprint density at radius 3 is 2.19 bits per heavy atom. The average molecular weight is 317 g/mol. The molecule has 0 heterocycles. The Kier molecular flexibility index (Phi) is 4.05. The van der Waals surface area contributed by atoms with E-state index in [1.807, 2.05) is 78.9 Å². The Morgan fingerprint density at radius 1 is 0.905 bits per heavy atom. The average Bonchev–Trinajstić information content (AvgIpc) is 2.54. The molecule has 21 heavy (non-hydrogen) atoms. The van der Waals surface area contributed by atoms with Crippen molar-refractivity contribution in [3.63, 3.8) is 0 Å². The first-order valence-corrected chi connectivity index (χ1v) is 7.52. The molecule has 3 heteroatoms. The third kappa shape index (κ3) is 2.85. The minimum Gasteiger partial charge on any atom is -0.460 e. The normalized spacial score (nSPS) is 24.5. The molecule has 0 saturated heterocycles. The zero-order valence-corrected chi connectivity index (χ0v) is 12.8. The molecule has 0 bridgehead atoms. The summed E-state index contributed by atoms with van der Waals surface area (Å²) < 4.78 is 5.88. The molecule has 2 aromatic rings. The summed E-state index contributed by atoms with van der Waals surface area (Å²) in [5.41, 5.74) is 0.949. The van der Waals surface area contributed by atoms with Crippen LogP contribution in [0.2, 0.25) is 0 Å². The van der Waals surface area contributed by atoms with Crippen LogP contribution in [0.25, 0.3) is 0 Å². The van der Waals surface area contributed by atoms with Gasteiger partial charge in [-0.2, -0.15) is 0 Å². The summed E-state index contributed by atoms with van der Waals surface area (Å²) in [7, 11) is 0. The Labute approximate surface area is 134 Å². The van der Waals surface area contributed by atoms with Gasteiger partial charge >= 0.3 is 0 Å². The Balaban J connectivity index is 1.89. The topological polar surface area (TPSA) is 9.23 Å². The van der Waals surface area contributed by atoms with Crippen molar-refractivity contribution in [2.45, 2.75) is 10.3 Å². The largest absolute Gasteiger partial charge is 0.460 e. The van der Waals surface area contributed by atoms with E-state index in [4.69, 9.17) is 27.9 Å². The predicted octanol–water partition coefficient (Wildman–Crippen LogP) is 5.26. The molecule has 2 unspecified atom stereocenters. The van der Waals surface area contributed by atoms with Crippen LogP contribution in [0.15, 0.2) is 84.7 Å². The van der Waals surface area contributed by atoms with Gasteiger partial charge in [0.05, 0.1) is 0 Å². The van der Waals surface area contributed by atoms with Gasteiger partial charge in [0.15, 0.2) is 0 Å². The van der Waals surface area contributed by atoms with Crippen LogP contribution in [-0.4, -0.2) is 5.38 Å². The Bertz CT molecular complexity index is 664. The maximum Gasteiger partial charge on any atom is 0.127 e. The maximum atomic E-state index is 6.77. The minimum absolute atomic E-state index is 0.480. The van der Waals surface area contributed by atoms with Crippen molar-refractivity contribution in [2.24, 2.45) is 0 Å². The van der Waals surface area contributed by atoms with Gasteiger partial charge in [-0.15, -0.1) is 23.2 Å². The van der Waals surface area contributed by atoms with E-state index >= 15 is 0 Å². The van der Waals surface area contributed by atoms with E-state index in [0.29, 0.717) is 5.76 Å². The zero-order chi connectivity index (χ0) is 14.7. The van der Waals surface area contributed by atoms with Gasteiger partial charge in [-0.25, -0.2) is 0 Å². The fourth-order valence-electron chi connectivity index (χ4n) is 2.31. The monoisotopic (exact) mass is 316 g/mol. The molecule has 2 aromatic carbocycles. The highest BCUT2D eigenvalue weighted by Gasteiger charge is 2.40. The van der Waals surface area contributed by atoms with E-state index in [1.54, 1.807) is 0 Å². The van der Waals surface area contributed by atoms with Crippen LogP contribution in [0.4, 0.5) is 0 Å². The maximum absolute atomic E-state index is 6.77. The first-order valence-electron chi connectivity index (χ1n) is 6.71. The van der Waals surface area contributed by atoms with E-state index in [1.165, 1.54) is 0 Å². The lowest BCUT2D eigenvalue weighted by Gasteiger charge is -2.32. The molecule has 3 rings (SSSR count). The van der Waals surface area contributed by atoms with E-state index in [2.05, 4.69) is 0 Å². The molecule has 1 nitrogen and oxygen atoms in total. The summed E-state index contributed by atoms with van der Waals surface area (Å²) in [6.45, 7) is 0. The van der Waals surface area contributed by atoms with E-state index in [0.717, 1.165) is 11.3 Å². The van der Waals surface area contributed by atoms with Crippen LogP contribution in [-0.2, 0) is 4.87 Å². The molecule has 0 aliphatic heterocycles. The molecule has 0 N–H and O–H groups in total. The summed E-state index contributed by atoms with van der Waals surface area (Å²) in [5.74, 6) is 1.39. The fraction of sp³-hybridized carbons (Fsp3) is 0.111. The fourth-order valence-corrected chi connectivity index (χ4v) is 2.93. The smallest absolute Gasteiger partial charge is 0.127 e. The van der Waals surface area contributed by atoms with E-state index < -0.39 is 10.3 Å². The number of ether oxygens (including phenoxy) is 1. The SMILES string of the molecule is ClC1C(Oc2ccccc2)=CC=CC1(Cl)c1ccccc1. The third-order valence-electron chi connectivity index (χ3n) is 3.41. The van der Waals surface area contributed by atoms with Gasteiger partial charge in [0.1, 0.15) is 21.8 Å². The van der Waals surface area contributed by atoms with Crippen molar-refractivity contribution in [1.29, 1.82) is 0 Å². The van der Waals surface area contributed by atoms with Gasteiger partial charge in [-0.1, -0.05) is 60.7 Å². The van der Waals surface area contributed by atoms with Gasteiger partial charge in [-0.05, 0) is 23.8 Å². The van der Waals surface area contributed by atoms with Crippen molar-refractivity contribution in [3.05, 3.63) is 90.2 Å². The molecule has 2 atom stereocenters. The summed E-state index contributed by atoms with van der Waals surface area (Å²) in [4.78, 5) is -0.804. The van der Waals surface area contributed by atoms with Crippen LogP contribution in [0.1, 0.15) is 5.56 Å². The minimum atomic E-state index is -0.804. The summed E-state index contributed by atoms with van der Waals surface area (Å²) in [6.07, 6.45) is 5.64. The number of para-hydroxylation sites is 1. The first kappa shape index (κ1) is 14.2. The van der Waals surface area contributed by atoms with E-state index in [9.17, 15) is 0 Å². The molecule has 0 saturated carbocycles. The highest BCUT2D eigenvalue weighted by atomic mass is 35.5. The molecule has 0 fully saturated rings. The second-order valence-electron chi connectivity index (χ2n) is 4.84. The lowest BCUT2D eigenvalue weighted by Crippen LogP contribution is -2.33. The van der Waals surface area contributed by atoms with E-state index in [-0.39, 0.29) is 0 Å². The number of halogens is 2.